The van der Waals surface area contributed by atoms with Crippen molar-refractivity contribution in [1.82, 2.24) is 5.32 Å². The summed E-state index contributed by atoms with van der Waals surface area (Å²) < 4.78 is 0.507. The van der Waals surface area contributed by atoms with Crippen molar-refractivity contribution in [3.8, 4) is 0 Å². The second-order valence-electron chi connectivity index (χ2n) is 5.01. The van der Waals surface area contributed by atoms with Crippen LogP contribution in [-0.2, 0) is 0 Å². The van der Waals surface area contributed by atoms with Crippen LogP contribution < -0.4 is 5.32 Å². The fourth-order valence-electron chi connectivity index (χ4n) is 1.43. The van der Waals surface area contributed by atoms with E-state index in [-0.39, 0.29) is 5.54 Å². The number of hydrogen-bond acceptors (Lipinski definition) is 2. The lowest BCUT2D eigenvalue weighted by Crippen LogP contribution is -2.43. The van der Waals surface area contributed by atoms with Crippen LogP contribution >= 0.6 is 11.8 Å². The van der Waals surface area contributed by atoms with Crippen LogP contribution in [-0.4, -0.2) is 22.6 Å². The molecular formula is C10H21NS. The zero-order chi connectivity index (χ0) is 9.24. The summed E-state index contributed by atoms with van der Waals surface area (Å²) in [6, 6.07) is 0. The Balaban J connectivity index is 2.30. The van der Waals surface area contributed by atoms with Crippen LogP contribution in [0.4, 0.5) is 0 Å². The molecule has 1 aliphatic heterocycles. The van der Waals surface area contributed by atoms with Crippen LogP contribution in [0, 0.1) is 0 Å². The van der Waals surface area contributed by atoms with Crippen molar-refractivity contribution >= 4 is 11.8 Å². The number of thioether (sulfide) groups is 1. The van der Waals surface area contributed by atoms with Gasteiger partial charge in [0.05, 0.1) is 0 Å². The summed E-state index contributed by atoms with van der Waals surface area (Å²) in [6.45, 7) is 10.2. The number of nitrogens with one attached hydrogen (secondary N) is 1. The molecule has 0 aromatic heterocycles. The van der Waals surface area contributed by atoms with E-state index in [9.17, 15) is 0 Å². The highest BCUT2D eigenvalue weighted by Gasteiger charge is 2.30. The van der Waals surface area contributed by atoms with Crippen molar-refractivity contribution < 1.29 is 0 Å². The topological polar surface area (TPSA) is 12.0 Å². The maximum atomic E-state index is 3.58. The van der Waals surface area contributed by atoms with E-state index in [1.165, 1.54) is 18.6 Å². The predicted octanol–water partition coefficient (Wildman–Crippen LogP) is 2.66. The fraction of sp³-hybridized carbons (Fsp3) is 1.00. The van der Waals surface area contributed by atoms with Crippen molar-refractivity contribution in [2.75, 3.05) is 12.3 Å². The Morgan fingerprint density at radius 3 is 2.50 bits per heavy atom. The Morgan fingerprint density at radius 2 is 2.08 bits per heavy atom. The molecule has 0 bridgehead atoms. The zero-order valence-corrected chi connectivity index (χ0v) is 9.55. The predicted molar refractivity (Wildman–Crippen MR) is 57.9 cm³/mol. The molecule has 1 N–H and O–H groups in total. The summed E-state index contributed by atoms with van der Waals surface area (Å²) in [6.07, 6.45) is 2.77. The minimum Gasteiger partial charge on any atom is -0.311 e. The van der Waals surface area contributed by atoms with Crippen molar-refractivity contribution in [3.05, 3.63) is 0 Å². The second kappa shape index (κ2) is 3.59. The fourth-order valence-corrected chi connectivity index (χ4v) is 2.67. The average molecular weight is 187 g/mol. The van der Waals surface area contributed by atoms with Crippen molar-refractivity contribution in [2.45, 2.75) is 50.8 Å². The van der Waals surface area contributed by atoms with Gasteiger partial charge in [0.1, 0.15) is 0 Å². The second-order valence-corrected chi connectivity index (χ2v) is 6.69. The smallest absolute Gasteiger partial charge is 0.0256 e. The molecule has 12 heavy (non-hydrogen) atoms. The van der Waals surface area contributed by atoms with E-state index < -0.39 is 0 Å². The summed E-state index contributed by atoms with van der Waals surface area (Å²) in [4.78, 5) is 0. The molecular weight excluding hydrogens is 166 g/mol. The van der Waals surface area contributed by atoms with Gasteiger partial charge in [0, 0.05) is 16.8 Å². The van der Waals surface area contributed by atoms with E-state index in [1.807, 2.05) is 0 Å². The molecule has 1 aliphatic rings. The van der Waals surface area contributed by atoms with E-state index >= 15 is 0 Å². The van der Waals surface area contributed by atoms with Gasteiger partial charge in [0.25, 0.3) is 0 Å². The molecule has 0 aliphatic carbocycles. The molecule has 0 aromatic rings. The van der Waals surface area contributed by atoms with Gasteiger partial charge in [-0.1, -0.05) is 0 Å². The van der Waals surface area contributed by atoms with Crippen molar-refractivity contribution in [1.29, 1.82) is 0 Å². The number of rotatable bonds is 2. The van der Waals surface area contributed by atoms with E-state index in [1.54, 1.807) is 0 Å². The molecule has 0 amide bonds. The first-order valence-electron chi connectivity index (χ1n) is 4.80. The molecule has 1 saturated heterocycles. The van der Waals surface area contributed by atoms with Gasteiger partial charge in [-0.25, -0.2) is 0 Å². The Labute approximate surface area is 80.7 Å². The van der Waals surface area contributed by atoms with Crippen molar-refractivity contribution in [3.63, 3.8) is 0 Å². The zero-order valence-electron chi connectivity index (χ0n) is 8.74. The monoisotopic (exact) mass is 187 g/mol. The van der Waals surface area contributed by atoms with E-state index in [2.05, 4.69) is 44.8 Å². The minimum atomic E-state index is 0.270. The summed E-state index contributed by atoms with van der Waals surface area (Å²) in [7, 11) is 0. The van der Waals surface area contributed by atoms with Gasteiger partial charge in [-0.3, -0.25) is 0 Å². The van der Waals surface area contributed by atoms with Crippen LogP contribution in [0.5, 0.6) is 0 Å². The molecule has 1 fully saturated rings. The van der Waals surface area contributed by atoms with Gasteiger partial charge in [-0.2, -0.15) is 11.8 Å². The summed E-state index contributed by atoms with van der Waals surface area (Å²) in [5, 5.41) is 3.58. The molecule has 1 atom stereocenters. The summed E-state index contributed by atoms with van der Waals surface area (Å²) in [5.41, 5.74) is 0.270. The normalized spacial score (nSPS) is 31.0. The first kappa shape index (κ1) is 10.4. The molecule has 0 saturated carbocycles. The molecule has 1 nitrogen and oxygen atoms in total. The van der Waals surface area contributed by atoms with Gasteiger partial charge in [-0.15, -0.1) is 0 Å². The highest BCUT2D eigenvalue weighted by Crippen LogP contribution is 2.37. The van der Waals surface area contributed by atoms with Crippen LogP contribution in [0.2, 0.25) is 0 Å². The first-order chi connectivity index (χ1) is 5.41. The Morgan fingerprint density at radius 1 is 1.42 bits per heavy atom. The van der Waals surface area contributed by atoms with Crippen LogP contribution in [0.3, 0.4) is 0 Å². The van der Waals surface area contributed by atoms with E-state index in [0.29, 0.717) is 4.75 Å². The first-order valence-corrected chi connectivity index (χ1v) is 5.79. The van der Waals surface area contributed by atoms with Gasteiger partial charge in [0.15, 0.2) is 0 Å². The SMILES string of the molecule is CC(C)(C)NCC1(C)CCCS1. The molecule has 1 heterocycles. The molecule has 1 unspecified atom stereocenters. The quantitative estimate of drug-likeness (QED) is 0.713. The van der Waals surface area contributed by atoms with Gasteiger partial charge < -0.3 is 5.32 Å². The standard InChI is InChI=1S/C10H21NS/c1-9(2,3)11-8-10(4)6-5-7-12-10/h11H,5-8H2,1-4H3. The van der Waals surface area contributed by atoms with Gasteiger partial charge >= 0.3 is 0 Å². The highest BCUT2D eigenvalue weighted by molar-refractivity contribution is 8.00. The molecule has 2 heteroatoms. The summed E-state index contributed by atoms with van der Waals surface area (Å²) in [5.74, 6) is 1.35. The van der Waals surface area contributed by atoms with Gasteiger partial charge in [0.2, 0.25) is 0 Å². The molecule has 0 aromatic carbocycles. The van der Waals surface area contributed by atoms with E-state index in [0.717, 1.165) is 6.54 Å². The van der Waals surface area contributed by atoms with Gasteiger partial charge in [-0.05, 0) is 46.3 Å². The lowest BCUT2D eigenvalue weighted by atomic mass is 10.0. The Kier molecular flexibility index (Phi) is 3.11. The summed E-state index contributed by atoms with van der Waals surface area (Å²) >= 11 is 2.12. The minimum absolute atomic E-state index is 0.270. The molecule has 0 radical (unpaired) electrons. The van der Waals surface area contributed by atoms with Crippen molar-refractivity contribution in [2.24, 2.45) is 0 Å². The van der Waals surface area contributed by atoms with Crippen LogP contribution in [0.1, 0.15) is 40.5 Å². The van der Waals surface area contributed by atoms with Crippen LogP contribution in [0.25, 0.3) is 0 Å². The third-order valence-corrected chi connectivity index (χ3v) is 3.83. The maximum absolute atomic E-state index is 3.58. The third kappa shape index (κ3) is 3.36. The largest absolute Gasteiger partial charge is 0.311 e. The maximum Gasteiger partial charge on any atom is 0.0256 e. The lowest BCUT2D eigenvalue weighted by molar-refractivity contribution is 0.394. The Hall–Kier alpha value is 0.310. The molecule has 72 valence electrons. The molecule has 1 rings (SSSR count). The van der Waals surface area contributed by atoms with E-state index in [4.69, 9.17) is 0 Å². The highest BCUT2D eigenvalue weighted by atomic mass is 32.2. The lowest BCUT2D eigenvalue weighted by Gasteiger charge is -2.29. The third-order valence-electron chi connectivity index (χ3n) is 2.29. The van der Waals surface area contributed by atoms with Crippen LogP contribution in [0.15, 0.2) is 0 Å². The Bertz CT molecular complexity index is 142. The molecule has 0 spiro atoms. The number of hydrogen-bond donors (Lipinski definition) is 1. The average Bonchev–Trinajstić information content (AvgIpc) is 2.32.